The molecule has 1 aromatic carbocycles. The van der Waals surface area contributed by atoms with Crippen molar-refractivity contribution in [1.82, 2.24) is 24.9 Å². The van der Waals surface area contributed by atoms with Crippen LogP contribution in [-0.2, 0) is 18.4 Å². The van der Waals surface area contributed by atoms with Crippen molar-refractivity contribution in [2.45, 2.75) is 32.2 Å². The van der Waals surface area contributed by atoms with Crippen LogP contribution >= 0.6 is 11.8 Å². The molecular weight excluding hydrogens is 382 g/mol. The fourth-order valence-corrected chi connectivity index (χ4v) is 4.40. The Morgan fingerprint density at radius 3 is 2.34 bits per heavy atom. The van der Waals surface area contributed by atoms with E-state index in [1.54, 1.807) is 11.8 Å². The average molecular weight is 416 g/mol. The third kappa shape index (κ3) is 6.32. The van der Waals surface area contributed by atoms with Crippen molar-refractivity contribution in [2.75, 3.05) is 45.0 Å². The second-order valence-corrected chi connectivity index (χ2v) is 9.01. The maximum atomic E-state index is 12.2. The number of amides is 1. The molecule has 29 heavy (non-hydrogen) atoms. The van der Waals surface area contributed by atoms with Crippen molar-refractivity contribution in [2.24, 2.45) is 7.05 Å². The number of carbonyl (C=O) groups is 1. The minimum absolute atomic E-state index is 0.127. The van der Waals surface area contributed by atoms with Crippen LogP contribution in [-0.4, -0.2) is 70.5 Å². The highest BCUT2D eigenvalue weighted by atomic mass is 32.2. The molecule has 0 spiro atoms. The van der Waals surface area contributed by atoms with E-state index in [-0.39, 0.29) is 5.91 Å². The molecule has 3 rings (SSSR count). The number of piperazine rings is 1. The highest BCUT2D eigenvalue weighted by molar-refractivity contribution is 7.99. The van der Waals surface area contributed by atoms with Crippen LogP contribution in [0.3, 0.4) is 0 Å². The first-order chi connectivity index (χ1) is 13.9. The molecule has 1 aliphatic heterocycles. The van der Waals surface area contributed by atoms with Gasteiger partial charge in [0.15, 0.2) is 0 Å². The maximum Gasteiger partial charge on any atom is 0.234 e. The van der Waals surface area contributed by atoms with Gasteiger partial charge in [0.1, 0.15) is 0 Å². The summed E-state index contributed by atoms with van der Waals surface area (Å²) in [6.45, 7) is 12.3. The molecule has 0 aliphatic carbocycles. The average Bonchev–Trinajstić information content (AvgIpc) is 2.94. The number of nitrogens with zero attached hydrogens (tertiary/aromatic N) is 4. The van der Waals surface area contributed by atoms with Crippen LogP contribution in [0.1, 0.15) is 22.5 Å². The van der Waals surface area contributed by atoms with Gasteiger partial charge in [0.05, 0.1) is 12.2 Å². The number of aromatic nitrogens is 2. The van der Waals surface area contributed by atoms with Crippen LogP contribution in [0.15, 0.2) is 29.2 Å². The Morgan fingerprint density at radius 1 is 1.07 bits per heavy atom. The molecule has 7 heteroatoms. The number of benzene rings is 1. The third-order valence-corrected chi connectivity index (χ3v) is 6.60. The van der Waals surface area contributed by atoms with E-state index in [4.69, 9.17) is 0 Å². The molecule has 158 valence electrons. The van der Waals surface area contributed by atoms with E-state index >= 15 is 0 Å². The zero-order chi connectivity index (χ0) is 20.8. The van der Waals surface area contributed by atoms with E-state index in [2.05, 4.69) is 65.3 Å². The molecule has 1 aromatic heterocycles. The molecule has 1 fully saturated rings. The van der Waals surface area contributed by atoms with E-state index < -0.39 is 0 Å². The molecule has 1 N–H and O–H groups in total. The molecule has 2 heterocycles. The van der Waals surface area contributed by atoms with Gasteiger partial charge >= 0.3 is 0 Å². The summed E-state index contributed by atoms with van der Waals surface area (Å²) in [7, 11) is 2.00. The number of thioether (sulfide) groups is 1. The van der Waals surface area contributed by atoms with E-state index in [1.807, 2.05) is 11.7 Å². The van der Waals surface area contributed by atoms with E-state index in [0.29, 0.717) is 13.1 Å². The highest BCUT2D eigenvalue weighted by Crippen LogP contribution is 2.18. The smallest absolute Gasteiger partial charge is 0.234 e. The number of carbonyl (C=O) groups excluding carboxylic acids is 1. The zero-order valence-electron chi connectivity index (χ0n) is 18.1. The van der Waals surface area contributed by atoms with Crippen molar-refractivity contribution >= 4 is 17.7 Å². The molecular formula is C22H33N5OS. The fraction of sp³-hybridized carbons (Fsp3) is 0.545. The SMILES string of the molecule is Cc1ccc(SCCNC(=O)CN2CCN(Cc3c(C)nn(C)c3C)CC2)cc1. The Hall–Kier alpha value is -1.83. The number of hydrogen-bond donors (Lipinski definition) is 1. The third-order valence-electron chi connectivity index (χ3n) is 5.59. The predicted octanol–water partition coefficient (Wildman–Crippen LogP) is 2.37. The van der Waals surface area contributed by atoms with Crippen LogP contribution in [0.4, 0.5) is 0 Å². The van der Waals surface area contributed by atoms with E-state index in [9.17, 15) is 4.79 Å². The second-order valence-electron chi connectivity index (χ2n) is 7.84. The predicted molar refractivity (Wildman–Crippen MR) is 119 cm³/mol. The highest BCUT2D eigenvalue weighted by Gasteiger charge is 2.21. The summed E-state index contributed by atoms with van der Waals surface area (Å²) in [4.78, 5) is 18.2. The molecule has 2 aromatic rings. The summed E-state index contributed by atoms with van der Waals surface area (Å²) in [5.74, 6) is 1.02. The summed E-state index contributed by atoms with van der Waals surface area (Å²) in [5.41, 5.74) is 4.97. The first-order valence-electron chi connectivity index (χ1n) is 10.3. The Balaban J connectivity index is 1.32. The van der Waals surface area contributed by atoms with Crippen LogP contribution < -0.4 is 5.32 Å². The van der Waals surface area contributed by atoms with Gasteiger partial charge in [-0.2, -0.15) is 5.10 Å². The van der Waals surface area contributed by atoms with Crippen LogP contribution in [0.25, 0.3) is 0 Å². The molecule has 1 amide bonds. The molecule has 0 atom stereocenters. The number of rotatable bonds is 8. The van der Waals surface area contributed by atoms with Gasteiger partial charge in [0.25, 0.3) is 0 Å². The molecule has 6 nitrogen and oxygen atoms in total. The standard InChI is InChI=1S/C22H33N5OS/c1-17-5-7-20(8-6-17)29-14-9-23-22(28)16-27-12-10-26(11-13-27)15-21-18(2)24-25(4)19(21)3/h5-8H,9-16H2,1-4H3,(H,23,28). The van der Waals surface area contributed by atoms with Gasteiger partial charge in [0.2, 0.25) is 5.91 Å². The van der Waals surface area contributed by atoms with Gasteiger partial charge in [-0.25, -0.2) is 0 Å². The normalized spacial score (nSPS) is 15.6. The van der Waals surface area contributed by atoms with Gasteiger partial charge in [-0.1, -0.05) is 17.7 Å². The lowest BCUT2D eigenvalue weighted by Crippen LogP contribution is -2.49. The first kappa shape index (κ1) is 21.9. The lowest BCUT2D eigenvalue weighted by atomic mass is 10.1. The summed E-state index contributed by atoms with van der Waals surface area (Å²) in [6.07, 6.45) is 0. The summed E-state index contributed by atoms with van der Waals surface area (Å²) in [6, 6.07) is 8.51. The van der Waals surface area contributed by atoms with E-state index in [0.717, 1.165) is 44.2 Å². The molecule has 0 radical (unpaired) electrons. The first-order valence-corrected chi connectivity index (χ1v) is 11.3. The van der Waals surface area contributed by atoms with Crippen molar-refractivity contribution in [3.8, 4) is 0 Å². The van der Waals surface area contributed by atoms with Crippen molar-refractivity contribution < 1.29 is 4.79 Å². The minimum atomic E-state index is 0.127. The Morgan fingerprint density at radius 2 is 1.72 bits per heavy atom. The van der Waals surface area contributed by atoms with Gasteiger partial charge in [-0.05, 0) is 32.9 Å². The Labute approximate surface area is 178 Å². The number of hydrogen-bond acceptors (Lipinski definition) is 5. The molecule has 0 bridgehead atoms. The van der Waals surface area contributed by atoms with Gasteiger partial charge in [-0.3, -0.25) is 19.3 Å². The lowest BCUT2D eigenvalue weighted by Gasteiger charge is -2.34. The van der Waals surface area contributed by atoms with Crippen LogP contribution in [0.5, 0.6) is 0 Å². The number of aryl methyl sites for hydroxylation is 3. The molecule has 0 saturated carbocycles. The van der Waals surface area contributed by atoms with Gasteiger partial charge < -0.3 is 5.32 Å². The summed E-state index contributed by atoms with van der Waals surface area (Å²) < 4.78 is 1.96. The van der Waals surface area contributed by atoms with Crippen LogP contribution in [0.2, 0.25) is 0 Å². The van der Waals surface area contributed by atoms with E-state index in [1.165, 1.54) is 21.7 Å². The topological polar surface area (TPSA) is 53.4 Å². The minimum Gasteiger partial charge on any atom is -0.354 e. The van der Waals surface area contributed by atoms with Crippen molar-refractivity contribution in [1.29, 1.82) is 0 Å². The second kappa shape index (κ2) is 10.3. The molecule has 1 saturated heterocycles. The van der Waals surface area contributed by atoms with Crippen LogP contribution in [0, 0.1) is 20.8 Å². The number of nitrogens with one attached hydrogen (secondary N) is 1. The zero-order valence-corrected chi connectivity index (χ0v) is 18.9. The summed E-state index contributed by atoms with van der Waals surface area (Å²) >= 11 is 1.78. The monoisotopic (exact) mass is 415 g/mol. The van der Waals surface area contributed by atoms with Crippen molar-refractivity contribution in [3.63, 3.8) is 0 Å². The molecule has 1 aliphatic rings. The molecule has 0 unspecified atom stereocenters. The largest absolute Gasteiger partial charge is 0.354 e. The Bertz CT molecular complexity index is 809. The quantitative estimate of drug-likeness (QED) is 0.530. The maximum absolute atomic E-state index is 12.2. The van der Waals surface area contributed by atoms with Gasteiger partial charge in [-0.15, -0.1) is 11.8 Å². The Kier molecular flexibility index (Phi) is 7.75. The van der Waals surface area contributed by atoms with Gasteiger partial charge in [0, 0.05) is 68.2 Å². The lowest BCUT2D eigenvalue weighted by molar-refractivity contribution is -0.122. The summed E-state index contributed by atoms with van der Waals surface area (Å²) in [5, 5.41) is 7.57. The van der Waals surface area contributed by atoms with Crippen molar-refractivity contribution in [3.05, 3.63) is 46.8 Å². The fourth-order valence-electron chi connectivity index (χ4n) is 3.63.